The van der Waals surface area contributed by atoms with Crippen molar-refractivity contribution in [2.24, 2.45) is 7.05 Å². The van der Waals surface area contributed by atoms with E-state index >= 15 is 0 Å². The quantitative estimate of drug-likeness (QED) is 0.793. The fraction of sp³-hybridized carbons (Fsp3) is 0.444. The van der Waals surface area contributed by atoms with Crippen LogP contribution in [0.1, 0.15) is 33.0 Å². The van der Waals surface area contributed by atoms with Gasteiger partial charge in [-0.05, 0) is 39.3 Å². The van der Waals surface area contributed by atoms with Gasteiger partial charge in [0.25, 0.3) is 11.5 Å². The van der Waals surface area contributed by atoms with Crippen molar-refractivity contribution in [3.63, 3.8) is 0 Å². The second-order valence-corrected chi connectivity index (χ2v) is 7.45. The van der Waals surface area contributed by atoms with E-state index in [0.717, 1.165) is 30.8 Å². The summed E-state index contributed by atoms with van der Waals surface area (Å²) >= 11 is 1.26. The zero-order valence-corrected chi connectivity index (χ0v) is 16.3. The molecule has 2 aromatic heterocycles. The molecule has 0 fully saturated rings. The summed E-state index contributed by atoms with van der Waals surface area (Å²) in [5, 5.41) is 11.0. The Bertz CT molecular complexity index is 942. The van der Waals surface area contributed by atoms with Gasteiger partial charge in [-0.25, -0.2) is 9.67 Å². The molecular weight excluding hydrogens is 350 g/mol. The zero-order chi connectivity index (χ0) is 18.8. The monoisotopic (exact) mass is 373 g/mol. The van der Waals surface area contributed by atoms with Crippen LogP contribution in [-0.2, 0) is 7.05 Å². The third-order valence-corrected chi connectivity index (χ3v) is 5.75. The Kier molecular flexibility index (Phi) is 5.33. The SMILES string of the molecule is Cc1nc(-c2c(C)c(C)nn(C)c2=O)sc1C(=O)NCC1=CCNCC1. The lowest BCUT2D eigenvalue weighted by atomic mass is 10.1. The molecule has 0 aliphatic carbocycles. The first-order valence-corrected chi connectivity index (χ1v) is 9.39. The van der Waals surface area contributed by atoms with Gasteiger partial charge >= 0.3 is 0 Å². The average molecular weight is 373 g/mol. The number of hydrogen-bond donors (Lipinski definition) is 2. The lowest BCUT2D eigenvalue weighted by Gasteiger charge is -2.14. The smallest absolute Gasteiger partial charge is 0.277 e. The number of nitrogens with zero attached hydrogens (tertiary/aromatic N) is 3. The van der Waals surface area contributed by atoms with E-state index in [-0.39, 0.29) is 11.5 Å². The van der Waals surface area contributed by atoms with Crippen molar-refractivity contribution in [1.29, 1.82) is 0 Å². The molecule has 8 heteroatoms. The van der Waals surface area contributed by atoms with Crippen LogP contribution in [0.4, 0.5) is 0 Å². The van der Waals surface area contributed by atoms with E-state index in [1.165, 1.54) is 21.6 Å². The minimum Gasteiger partial charge on any atom is -0.348 e. The molecule has 1 aliphatic rings. The maximum Gasteiger partial charge on any atom is 0.277 e. The molecule has 138 valence electrons. The minimum atomic E-state index is -0.200. The minimum absolute atomic E-state index is 0.147. The highest BCUT2D eigenvalue weighted by Gasteiger charge is 2.21. The number of amides is 1. The molecule has 2 N–H and O–H groups in total. The summed E-state index contributed by atoms with van der Waals surface area (Å²) in [4.78, 5) is 30.1. The molecule has 2 aromatic rings. The number of hydrogen-bond acceptors (Lipinski definition) is 6. The topological polar surface area (TPSA) is 88.9 Å². The van der Waals surface area contributed by atoms with Gasteiger partial charge in [0.1, 0.15) is 9.88 Å². The Labute approximate surface area is 156 Å². The number of nitrogens with one attached hydrogen (secondary N) is 2. The first kappa shape index (κ1) is 18.5. The van der Waals surface area contributed by atoms with Gasteiger partial charge < -0.3 is 10.6 Å². The molecule has 26 heavy (non-hydrogen) atoms. The number of carbonyl (C=O) groups is 1. The van der Waals surface area contributed by atoms with E-state index in [0.29, 0.717) is 27.7 Å². The lowest BCUT2D eigenvalue weighted by Crippen LogP contribution is -2.29. The predicted molar refractivity (Wildman–Crippen MR) is 103 cm³/mol. The normalized spacial score (nSPS) is 14.2. The summed E-state index contributed by atoms with van der Waals surface area (Å²) in [6, 6.07) is 0. The van der Waals surface area contributed by atoms with Crippen LogP contribution in [0, 0.1) is 20.8 Å². The lowest BCUT2D eigenvalue weighted by molar-refractivity contribution is 0.0960. The van der Waals surface area contributed by atoms with Crippen LogP contribution >= 0.6 is 11.3 Å². The number of thiazole rings is 1. The molecule has 3 rings (SSSR count). The molecule has 0 aromatic carbocycles. The van der Waals surface area contributed by atoms with E-state index in [1.807, 2.05) is 13.8 Å². The van der Waals surface area contributed by atoms with Crippen molar-refractivity contribution < 1.29 is 4.79 Å². The standard InChI is InChI=1S/C18H23N5O2S/c1-10-11(2)22-23(4)18(25)14(10)17-21-12(3)15(26-17)16(24)20-9-13-5-7-19-8-6-13/h5,19H,6-9H2,1-4H3,(H,20,24). The fourth-order valence-electron chi connectivity index (χ4n) is 2.92. The molecule has 7 nitrogen and oxygen atoms in total. The molecule has 1 aliphatic heterocycles. The van der Waals surface area contributed by atoms with Crippen LogP contribution in [0.5, 0.6) is 0 Å². The van der Waals surface area contributed by atoms with E-state index in [4.69, 9.17) is 0 Å². The van der Waals surface area contributed by atoms with Crippen molar-refractivity contribution in [3.8, 4) is 10.6 Å². The molecule has 0 unspecified atom stereocenters. The Balaban J connectivity index is 1.87. The molecule has 3 heterocycles. The Morgan fingerprint density at radius 1 is 1.35 bits per heavy atom. The zero-order valence-electron chi connectivity index (χ0n) is 15.5. The largest absolute Gasteiger partial charge is 0.348 e. The van der Waals surface area contributed by atoms with Gasteiger partial charge in [0.05, 0.1) is 17.0 Å². The van der Waals surface area contributed by atoms with Gasteiger partial charge in [-0.3, -0.25) is 9.59 Å². The average Bonchev–Trinajstić information content (AvgIpc) is 3.00. The summed E-state index contributed by atoms with van der Waals surface area (Å²) < 4.78 is 1.32. The van der Waals surface area contributed by atoms with E-state index in [2.05, 4.69) is 26.8 Å². The molecule has 0 saturated heterocycles. The number of rotatable bonds is 4. The van der Waals surface area contributed by atoms with Gasteiger partial charge in [-0.1, -0.05) is 11.6 Å². The molecule has 0 atom stereocenters. The Hall–Kier alpha value is -2.32. The number of aryl methyl sites for hydroxylation is 3. The third kappa shape index (κ3) is 3.61. The molecular formula is C18H23N5O2S. The molecule has 0 radical (unpaired) electrons. The van der Waals surface area contributed by atoms with Gasteiger partial charge in [0, 0.05) is 20.1 Å². The maximum atomic E-state index is 12.6. The first-order chi connectivity index (χ1) is 12.4. The fourth-order valence-corrected chi connectivity index (χ4v) is 4.00. The maximum absolute atomic E-state index is 12.6. The van der Waals surface area contributed by atoms with Gasteiger partial charge in [0.15, 0.2) is 0 Å². The molecule has 0 bridgehead atoms. The molecule has 0 spiro atoms. The van der Waals surface area contributed by atoms with Crippen LogP contribution in [0.3, 0.4) is 0 Å². The number of carbonyl (C=O) groups excluding carboxylic acids is 1. The molecule has 0 saturated carbocycles. The van der Waals surface area contributed by atoms with E-state index in [9.17, 15) is 9.59 Å². The summed E-state index contributed by atoms with van der Waals surface area (Å²) in [5.74, 6) is -0.147. The van der Waals surface area contributed by atoms with Gasteiger partial charge in [-0.15, -0.1) is 11.3 Å². The van der Waals surface area contributed by atoms with Crippen LogP contribution in [-0.4, -0.2) is 40.3 Å². The highest BCUT2D eigenvalue weighted by Crippen LogP contribution is 2.28. The van der Waals surface area contributed by atoms with Crippen molar-refractivity contribution in [2.75, 3.05) is 19.6 Å². The third-order valence-electron chi connectivity index (χ3n) is 4.58. The first-order valence-electron chi connectivity index (χ1n) is 8.57. The van der Waals surface area contributed by atoms with E-state index < -0.39 is 0 Å². The number of aromatic nitrogens is 3. The van der Waals surface area contributed by atoms with Crippen LogP contribution in [0.2, 0.25) is 0 Å². The summed E-state index contributed by atoms with van der Waals surface area (Å²) in [6.45, 7) is 7.85. The van der Waals surface area contributed by atoms with Gasteiger partial charge in [-0.2, -0.15) is 5.10 Å². The van der Waals surface area contributed by atoms with Crippen LogP contribution in [0.25, 0.3) is 10.6 Å². The summed E-state index contributed by atoms with van der Waals surface area (Å²) in [7, 11) is 1.62. The Morgan fingerprint density at radius 3 is 2.81 bits per heavy atom. The van der Waals surface area contributed by atoms with Crippen LogP contribution < -0.4 is 16.2 Å². The predicted octanol–water partition coefficient (Wildman–Crippen LogP) is 1.48. The second kappa shape index (κ2) is 7.51. The highest BCUT2D eigenvalue weighted by molar-refractivity contribution is 7.17. The van der Waals surface area contributed by atoms with Crippen molar-refractivity contribution >= 4 is 17.2 Å². The second-order valence-electron chi connectivity index (χ2n) is 6.45. The van der Waals surface area contributed by atoms with Crippen LogP contribution in [0.15, 0.2) is 16.4 Å². The van der Waals surface area contributed by atoms with Gasteiger partial charge in [0.2, 0.25) is 0 Å². The summed E-state index contributed by atoms with van der Waals surface area (Å²) in [5.41, 5.74) is 3.76. The van der Waals surface area contributed by atoms with Crippen molar-refractivity contribution in [1.82, 2.24) is 25.4 Å². The Morgan fingerprint density at radius 2 is 2.12 bits per heavy atom. The van der Waals surface area contributed by atoms with Crippen molar-refractivity contribution in [2.45, 2.75) is 27.2 Å². The molecule has 1 amide bonds. The van der Waals surface area contributed by atoms with E-state index in [1.54, 1.807) is 14.0 Å². The highest BCUT2D eigenvalue weighted by atomic mass is 32.1. The summed E-state index contributed by atoms with van der Waals surface area (Å²) in [6.07, 6.45) is 3.06. The van der Waals surface area contributed by atoms with Crippen molar-refractivity contribution in [3.05, 3.63) is 43.8 Å².